The Bertz CT molecular complexity index is 411. The Morgan fingerprint density at radius 3 is 2.48 bits per heavy atom. The first-order valence-corrected chi connectivity index (χ1v) is 7.52. The first-order chi connectivity index (χ1) is 10.0. The number of rotatable bonds is 8. The van der Waals surface area contributed by atoms with Crippen molar-refractivity contribution in [2.45, 2.75) is 38.8 Å². The molecule has 21 heavy (non-hydrogen) atoms. The third kappa shape index (κ3) is 6.49. The van der Waals surface area contributed by atoms with Gasteiger partial charge in [-0.15, -0.1) is 0 Å². The number of likely N-dealkylation sites (N-methyl/N-ethyl adjacent to an activating group) is 1. The number of nitrogens with one attached hydrogen (secondary N) is 2. The Labute approximate surface area is 127 Å². The Morgan fingerprint density at radius 1 is 1.24 bits per heavy atom. The maximum atomic E-state index is 11.7. The van der Waals surface area contributed by atoms with Gasteiger partial charge in [-0.25, -0.2) is 4.79 Å². The van der Waals surface area contributed by atoms with E-state index in [1.807, 2.05) is 44.3 Å². The molecule has 0 aromatic heterocycles. The van der Waals surface area contributed by atoms with E-state index in [0.29, 0.717) is 19.5 Å². The Kier molecular flexibility index (Phi) is 7.61. The summed E-state index contributed by atoms with van der Waals surface area (Å²) in [5.74, 6) is 0. The van der Waals surface area contributed by atoms with Crippen LogP contribution in [0.5, 0.6) is 0 Å². The first-order valence-electron chi connectivity index (χ1n) is 7.52. The largest absolute Gasteiger partial charge is 0.391 e. The van der Waals surface area contributed by atoms with Gasteiger partial charge in [-0.3, -0.25) is 0 Å². The highest BCUT2D eigenvalue weighted by Gasteiger charge is 2.11. The lowest BCUT2D eigenvalue weighted by Gasteiger charge is -2.27. The van der Waals surface area contributed by atoms with Gasteiger partial charge in [0.25, 0.3) is 0 Å². The zero-order valence-electron chi connectivity index (χ0n) is 13.2. The number of carbonyl (C=O) groups excluding carboxylic acids is 1. The zero-order chi connectivity index (χ0) is 15.7. The molecule has 0 spiro atoms. The van der Waals surface area contributed by atoms with Crippen LogP contribution < -0.4 is 15.5 Å². The number of anilines is 1. The molecule has 1 aromatic carbocycles. The molecule has 0 fully saturated rings. The monoisotopic (exact) mass is 293 g/mol. The molecule has 0 saturated carbocycles. The van der Waals surface area contributed by atoms with Gasteiger partial charge in [0.2, 0.25) is 0 Å². The van der Waals surface area contributed by atoms with E-state index in [9.17, 15) is 9.90 Å². The van der Waals surface area contributed by atoms with E-state index in [1.54, 1.807) is 0 Å². The standard InChI is InChI=1S/C16H27N3O2/c1-4-8-15(20)12-18-16(21)17-11-13(2)19(3)14-9-6-5-7-10-14/h5-7,9-10,13,15,20H,4,8,11-12H2,1-3H3,(H2,17,18,21). The van der Waals surface area contributed by atoms with E-state index >= 15 is 0 Å². The van der Waals surface area contributed by atoms with Crippen molar-refractivity contribution in [3.63, 3.8) is 0 Å². The summed E-state index contributed by atoms with van der Waals surface area (Å²) in [6.07, 6.45) is 1.14. The molecular formula is C16H27N3O2. The minimum absolute atomic E-state index is 0.179. The number of benzene rings is 1. The van der Waals surface area contributed by atoms with E-state index in [4.69, 9.17) is 0 Å². The smallest absolute Gasteiger partial charge is 0.314 e. The van der Waals surface area contributed by atoms with Crippen molar-refractivity contribution >= 4 is 11.7 Å². The Hall–Kier alpha value is -1.75. The maximum absolute atomic E-state index is 11.7. The van der Waals surface area contributed by atoms with Crippen LogP contribution in [0, 0.1) is 0 Å². The van der Waals surface area contributed by atoms with Crippen LogP contribution in [0.15, 0.2) is 30.3 Å². The molecule has 2 amide bonds. The van der Waals surface area contributed by atoms with Crippen molar-refractivity contribution < 1.29 is 9.90 Å². The summed E-state index contributed by atoms with van der Waals surface area (Å²) in [5, 5.41) is 15.1. The van der Waals surface area contributed by atoms with Crippen molar-refractivity contribution in [1.82, 2.24) is 10.6 Å². The van der Waals surface area contributed by atoms with E-state index in [0.717, 1.165) is 12.1 Å². The van der Waals surface area contributed by atoms with Crippen molar-refractivity contribution in [3.05, 3.63) is 30.3 Å². The van der Waals surface area contributed by atoms with Gasteiger partial charge >= 0.3 is 6.03 Å². The molecule has 1 rings (SSSR count). The summed E-state index contributed by atoms with van der Waals surface area (Å²) < 4.78 is 0. The SMILES string of the molecule is CCCC(O)CNC(=O)NCC(C)N(C)c1ccccc1. The summed E-state index contributed by atoms with van der Waals surface area (Å²) in [7, 11) is 2.00. The van der Waals surface area contributed by atoms with Crippen molar-refractivity contribution in [2.24, 2.45) is 0 Å². The molecule has 0 bridgehead atoms. The van der Waals surface area contributed by atoms with Crippen LogP contribution in [-0.4, -0.2) is 43.4 Å². The molecule has 1 aromatic rings. The van der Waals surface area contributed by atoms with Gasteiger partial charge in [0.1, 0.15) is 0 Å². The number of hydrogen-bond acceptors (Lipinski definition) is 3. The van der Waals surface area contributed by atoms with Crippen LogP contribution in [-0.2, 0) is 0 Å². The molecular weight excluding hydrogens is 266 g/mol. The summed E-state index contributed by atoms with van der Waals surface area (Å²) >= 11 is 0. The Morgan fingerprint density at radius 2 is 1.86 bits per heavy atom. The van der Waals surface area contributed by atoms with Crippen molar-refractivity contribution in [2.75, 3.05) is 25.0 Å². The van der Waals surface area contributed by atoms with E-state index in [-0.39, 0.29) is 12.1 Å². The molecule has 5 heteroatoms. The second-order valence-electron chi connectivity index (χ2n) is 5.33. The summed E-state index contributed by atoms with van der Waals surface area (Å²) in [6.45, 7) is 4.90. The minimum atomic E-state index is -0.467. The number of urea groups is 1. The van der Waals surface area contributed by atoms with Crippen LogP contribution in [0.1, 0.15) is 26.7 Å². The number of hydrogen-bond donors (Lipinski definition) is 3. The third-order valence-corrected chi connectivity index (χ3v) is 3.50. The quantitative estimate of drug-likeness (QED) is 0.686. The molecule has 118 valence electrons. The highest BCUT2D eigenvalue weighted by Crippen LogP contribution is 2.13. The van der Waals surface area contributed by atoms with E-state index < -0.39 is 6.10 Å². The number of amides is 2. The molecule has 0 aliphatic carbocycles. The second kappa shape index (κ2) is 9.23. The molecule has 2 atom stereocenters. The van der Waals surface area contributed by atoms with Gasteiger partial charge in [-0.05, 0) is 25.5 Å². The molecule has 2 unspecified atom stereocenters. The number of para-hydroxylation sites is 1. The van der Waals surface area contributed by atoms with Gasteiger partial charge in [-0.2, -0.15) is 0 Å². The fraction of sp³-hybridized carbons (Fsp3) is 0.562. The van der Waals surface area contributed by atoms with Gasteiger partial charge in [0, 0.05) is 31.9 Å². The van der Waals surface area contributed by atoms with Gasteiger partial charge in [0.05, 0.1) is 6.10 Å². The van der Waals surface area contributed by atoms with Crippen LogP contribution in [0.4, 0.5) is 10.5 Å². The van der Waals surface area contributed by atoms with Crippen LogP contribution in [0.25, 0.3) is 0 Å². The highest BCUT2D eigenvalue weighted by molar-refractivity contribution is 5.73. The second-order valence-corrected chi connectivity index (χ2v) is 5.33. The van der Waals surface area contributed by atoms with Crippen molar-refractivity contribution in [3.8, 4) is 0 Å². The van der Waals surface area contributed by atoms with E-state index in [1.165, 1.54) is 0 Å². The van der Waals surface area contributed by atoms with Gasteiger partial charge < -0.3 is 20.6 Å². The van der Waals surface area contributed by atoms with Gasteiger partial charge in [0.15, 0.2) is 0 Å². The fourth-order valence-corrected chi connectivity index (χ4v) is 2.00. The molecule has 0 aliphatic rings. The summed E-state index contributed by atoms with van der Waals surface area (Å²) in [4.78, 5) is 13.8. The fourth-order valence-electron chi connectivity index (χ4n) is 2.00. The number of aliphatic hydroxyl groups is 1. The van der Waals surface area contributed by atoms with Crippen LogP contribution in [0.3, 0.4) is 0 Å². The normalized spacial score (nSPS) is 13.3. The lowest BCUT2D eigenvalue weighted by molar-refractivity contribution is 0.160. The third-order valence-electron chi connectivity index (χ3n) is 3.50. The molecule has 5 nitrogen and oxygen atoms in total. The summed E-state index contributed by atoms with van der Waals surface area (Å²) in [5.41, 5.74) is 1.12. The molecule has 0 saturated heterocycles. The number of carbonyl (C=O) groups is 1. The van der Waals surface area contributed by atoms with Crippen LogP contribution in [0.2, 0.25) is 0 Å². The predicted octanol–water partition coefficient (Wildman–Crippen LogP) is 1.97. The Balaban J connectivity index is 2.29. The predicted molar refractivity (Wildman–Crippen MR) is 86.6 cm³/mol. The molecule has 0 radical (unpaired) electrons. The molecule has 0 heterocycles. The average Bonchev–Trinajstić information content (AvgIpc) is 2.51. The zero-order valence-corrected chi connectivity index (χ0v) is 13.2. The van der Waals surface area contributed by atoms with Crippen molar-refractivity contribution in [1.29, 1.82) is 0 Å². The molecule has 3 N–H and O–H groups in total. The number of nitrogens with zero attached hydrogens (tertiary/aromatic N) is 1. The highest BCUT2D eigenvalue weighted by atomic mass is 16.3. The van der Waals surface area contributed by atoms with Crippen LogP contribution >= 0.6 is 0 Å². The topological polar surface area (TPSA) is 64.6 Å². The average molecular weight is 293 g/mol. The summed E-state index contributed by atoms with van der Waals surface area (Å²) in [6, 6.07) is 9.99. The lowest BCUT2D eigenvalue weighted by Crippen LogP contribution is -2.45. The minimum Gasteiger partial charge on any atom is -0.391 e. The number of aliphatic hydroxyl groups excluding tert-OH is 1. The van der Waals surface area contributed by atoms with E-state index in [2.05, 4.69) is 22.5 Å². The lowest BCUT2D eigenvalue weighted by atomic mass is 10.2. The maximum Gasteiger partial charge on any atom is 0.314 e. The first kappa shape index (κ1) is 17.3. The molecule has 0 aliphatic heterocycles. The van der Waals surface area contributed by atoms with Gasteiger partial charge in [-0.1, -0.05) is 31.5 Å².